The number of nitrogen functional groups attached to an aromatic ring is 1. The van der Waals surface area contributed by atoms with Crippen molar-refractivity contribution in [3.05, 3.63) is 158 Å². The summed E-state index contributed by atoms with van der Waals surface area (Å²) in [5.74, 6) is 1.92. The lowest BCUT2D eigenvalue weighted by atomic mass is 9.63. The molecule has 6 heteroatoms. The normalized spacial score (nSPS) is 10.8. The van der Waals surface area contributed by atoms with Gasteiger partial charge >= 0.3 is 0 Å². The summed E-state index contributed by atoms with van der Waals surface area (Å²) in [6.45, 7) is 0. The van der Waals surface area contributed by atoms with Crippen molar-refractivity contribution in [1.82, 2.24) is 15.0 Å². The van der Waals surface area contributed by atoms with Crippen LogP contribution >= 0.6 is 0 Å². The van der Waals surface area contributed by atoms with E-state index in [0.29, 0.717) is 17.5 Å². The quantitative estimate of drug-likeness (QED) is 0.144. The fraction of sp³-hybridized carbons (Fsp3) is 0. The molecule has 0 aliphatic rings. The van der Waals surface area contributed by atoms with Gasteiger partial charge in [-0.05, 0) is 53.6 Å². The number of para-hydroxylation sites is 1. The molecule has 45 heavy (non-hydrogen) atoms. The third kappa shape index (κ3) is 6.50. The first kappa shape index (κ1) is 27.8. The summed E-state index contributed by atoms with van der Waals surface area (Å²) in [5, 5.41) is 3.59. The van der Waals surface area contributed by atoms with Crippen molar-refractivity contribution in [3.8, 4) is 45.3 Å². The Bertz CT molecular complexity index is 1970. The van der Waals surface area contributed by atoms with E-state index in [1.807, 2.05) is 103 Å². The maximum Gasteiger partial charge on any atom is 0.194 e. The zero-order valence-corrected chi connectivity index (χ0v) is 24.5. The van der Waals surface area contributed by atoms with Crippen LogP contribution in [0, 0.1) is 0 Å². The van der Waals surface area contributed by atoms with Crippen LogP contribution in [0.2, 0.25) is 0 Å². The molecule has 6 aromatic carbocycles. The fourth-order valence-corrected chi connectivity index (χ4v) is 5.16. The molecule has 0 unspecified atom stereocenters. The van der Waals surface area contributed by atoms with Gasteiger partial charge in [-0.25, -0.2) is 15.0 Å². The Hall–Kier alpha value is -6.01. The van der Waals surface area contributed by atoms with Crippen LogP contribution in [0.3, 0.4) is 0 Å². The molecule has 5 nitrogen and oxygen atoms in total. The molecule has 0 aliphatic heterocycles. The lowest BCUT2D eigenvalue weighted by Crippen LogP contribution is -2.28. The summed E-state index contributed by atoms with van der Waals surface area (Å²) in [7, 11) is 2.19. The summed E-state index contributed by atoms with van der Waals surface area (Å²) in [5.41, 5.74) is 15.9. The highest BCUT2D eigenvalue weighted by Gasteiger charge is 2.13. The monoisotopic (exact) mass is 578 g/mol. The fourth-order valence-electron chi connectivity index (χ4n) is 5.16. The number of nitrogens with zero attached hydrogens (tertiary/aromatic N) is 3. The minimum absolute atomic E-state index is 0.630. The van der Waals surface area contributed by atoms with Crippen molar-refractivity contribution < 1.29 is 0 Å². The first-order valence-corrected chi connectivity index (χ1v) is 14.8. The first-order valence-electron chi connectivity index (χ1n) is 14.8. The highest BCUT2D eigenvalue weighted by Crippen LogP contribution is 2.26. The number of nitrogens with one attached hydrogen (secondary N) is 1. The predicted octanol–water partition coefficient (Wildman–Crippen LogP) is 7.52. The van der Waals surface area contributed by atoms with Gasteiger partial charge < -0.3 is 11.1 Å². The lowest BCUT2D eigenvalue weighted by molar-refractivity contribution is 1.07. The van der Waals surface area contributed by atoms with Gasteiger partial charge in [0.1, 0.15) is 0 Å². The minimum Gasteiger partial charge on any atom is -0.399 e. The van der Waals surface area contributed by atoms with Crippen molar-refractivity contribution in [2.45, 2.75) is 0 Å². The predicted molar refractivity (Wildman–Crippen MR) is 187 cm³/mol. The zero-order chi connectivity index (χ0) is 30.4. The molecule has 0 bridgehead atoms. The number of benzene rings is 6. The molecule has 0 amide bonds. The topological polar surface area (TPSA) is 76.7 Å². The van der Waals surface area contributed by atoms with Crippen LogP contribution in [0.15, 0.2) is 158 Å². The standard InChI is InChI=1S/C39H29BN5/c41-33-23-17-28(18-24-33)27-15-21-32(22-16-27)40-35-13-7-8-14-36(35)42-34-25-19-31(20-26-34)39-44-37(29-9-3-1-4-10-29)43-38(45-39)30-11-5-2-6-12-30/h1-26,42H,41H2. The van der Waals surface area contributed by atoms with Crippen LogP contribution in [0.4, 0.5) is 17.1 Å². The molecule has 1 radical (unpaired) electrons. The lowest BCUT2D eigenvalue weighted by Gasteiger charge is -2.13. The van der Waals surface area contributed by atoms with Crippen LogP contribution < -0.4 is 22.0 Å². The highest BCUT2D eigenvalue weighted by molar-refractivity contribution is 6.68. The summed E-state index contributed by atoms with van der Waals surface area (Å²) < 4.78 is 0. The highest BCUT2D eigenvalue weighted by atomic mass is 15.0. The van der Waals surface area contributed by atoms with E-state index in [2.05, 4.69) is 67.2 Å². The van der Waals surface area contributed by atoms with Crippen LogP contribution in [-0.2, 0) is 0 Å². The van der Waals surface area contributed by atoms with Gasteiger partial charge in [0.05, 0.1) is 0 Å². The molecule has 7 rings (SSSR count). The first-order chi connectivity index (χ1) is 22.2. The molecule has 1 aromatic heterocycles. The number of rotatable bonds is 8. The second kappa shape index (κ2) is 12.7. The third-order valence-corrected chi connectivity index (χ3v) is 7.56. The molecule has 0 spiro atoms. The Morgan fingerprint density at radius 3 is 1.42 bits per heavy atom. The molecule has 7 aromatic rings. The largest absolute Gasteiger partial charge is 0.399 e. The van der Waals surface area contributed by atoms with E-state index in [4.69, 9.17) is 20.7 Å². The van der Waals surface area contributed by atoms with E-state index < -0.39 is 0 Å². The maximum atomic E-state index is 5.85. The van der Waals surface area contributed by atoms with E-state index in [0.717, 1.165) is 55.8 Å². The van der Waals surface area contributed by atoms with Crippen LogP contribution in [0.1, 0.15) is 0 Å². The molecular weight excluding hydrogens is 549 g/mol. The summed E-state index contributed by atoms with van der Waals surface area (Å²) in [6, 6.07) is 53.0. The van der Waals surface area contributed by atoms with E-state index in [-0.39, 0.29) is 0 Å². The molecule has 0 saturated carbocycles. The van der Waals surface area contributed by atoms with Crippen LogP contribution in [-0.4, -0.2) is 22.2 Å². The number of anilines is 3. The van der Waals surface area contributed by atoms with Crippen molar-refractivity contribution in [3.63, 3.8) is 0 Å². The molecule has 3 N–H and O–H groups in total. The van der Waals surface area contributed by atoms with Gasteiger partial charge in [0.25, 0.3) is 0 Å². The Balaban J connectivity index is 1.12. The molecule has 213 valence electrons. The average molecular weight is 579 g/mol. The van der Waals surface area contributed by atoms with Gasteiger partial charge in [0.15, 0.2) is 24.8 Å². The molecule has 0 atom stereocenters. The molecule has 0 fully saturated rings. The number of hydrogen-bond acceptors (Lipinski definition) is 5. The Morgan fingerprint density at radius 2 is 0.867 bits per heavy atom. The van der Waals surface area contributed by atoms with Crippen LogP contribution in [0.25, 0.3) is 45.3 Å². The van der Waals surface area contributed by atoms with Gasteiger partial charge in [-0.3, -0.25) is 0 Å². The smallest absolute Gasteiger partial charge is 0.194 e. The van der Waals surface area contributed by atoms with E-state index in [1.165, 1.54) is 0 Å². The Labute approximate surface area is 263 Å². The maximum absolute atomic E-state index is 5.85. The second-order valence-electron chi connectivity index (χ2n) is 10.7. The van der Waals surface area contributed by atoms with Gasteiger partial charge in [-0.2, -0.15) is 0 Å². The summed E-state index contributed by atoms with van der Waals surface area (Å²) >= 11 is 0. The molecule has 0 aliphatic carbocycles. The summed E-state index contributed by atoms with van der Waals surface area (Å²) in [6.07, 6.45) is 0. The van der Waals surface area contributed by atoms with Gasteiger partial charge in [0, 0.05) is 33.8 Å². The van der Waals surface area contributed by atoms with E-state index in [1.54, 1.807) is 0 Å². The van der Waals surface area contributed by atoms with Crippen LogP contribution in [0.5, 0.6) is 0 Å². The third-order valence-electron chi connectivity index (χ3n) is 7.56. The Kier molecular flexibility index (Phi) is 7.85. The molecule has 1 heterocycles. The SMILES string of the molecule is Nc1ccc(-c2ccc([B]c3ccccc3Nc3ccc(-c4nc(-c5ccccc5)nc(-c5ccccc5)n4)cc3)cc2)cc1. The van der Waals surface area contributed by atoms with E-state index in [9.17, 15) is 0 Å². The minimum atomic E-state index is 0.630. The van der Waals surface area contributed by atoms with Crippen molar-refractivity contribution in [2.75, 3.05) is 11.1 Å². The van der Waals surface area contributed by atoms with Crippen molar-refractivity contribution >= 4 is 35.3 Å². The second-order valence-corrected chi connectivity index (χ2v) is 10.7. The van der Waals surface area contributed by atoms with E-state index >= 15 is 0 Å². The number of aromatic nitrogens is 3. The van der Waals surface area contributed by atoms with Crippen molar-refractivity contribution in [1.29, 1.82) is 0 Å². The van der Waals surface area contributed by atoms with Crippen molar-refractivity contribution in [2.24, 2.45) is 0 Å². The molecular formula is C39H29BN5. The zero-order valence-electron chi connectivity index (χ0n) is 24.5. The average Bonchev–Trinajstić information content (AvgIpc) is 3.11. The Morgan fingerprint density at radius 1 is 0.422 bits per heavy atom. The number of nitrogens with two attached hydrogens (primary N) is 1. The van der Waals surface area contributed by atoms with Gasteiger partial charge in [-0.15, -0.1) is 0 Å². The summed E-state index contributed by atoms with van der Waals surface area (Å²) in [4.78, 5) is 14.5. The van der Waals surface area contributed by atoms with Gasteiger partial charge in [-0.1, -0.05) is 126 Å². The van der Waals surface area contributed by atoms with Gasteiger partial charge in [0.2, 0.25) is 0 Å². The molecule has 0 saturated heterocycles. The number of hydrogen-bond donors (Lipinski definition) is 2.